The lowest BCUT2D eigenvalue weighted by Crippen LogP contribution is -2.25. The molecule has 3 rings (SSSR count). The Morgan fingerprint density at radius 1 is 1.29 bits per heavy atom. The van der Waals surface area contributed by atoms with E-state index in [-0.39, 0.29) is 24.7 Å². The van der Waals surface area contributed by atoms with E-state index in [2.05, 4.69) is 5.32 Å². The first-order valence-corrected chi connectivity index (χ1v) is 7.13. The quantitative estimate of drug-likeness (QED) is 0.872. The predicted octanol–water partition coefficient (Wildman–Crippen LogP) is 2.52. The highest BCUT2D eigenvalue weighted by Crippen LogP contribution is 2.29. The van der Waals surface area contributed by atoms with Crippen LogP contribution in [0.25, 0.3) is 0 Å². The van der Waals surface area contributed by atoms with Crippen LogP contribution in [0.1, 0.15) is 15.9 Å². The Labute approximate surface area is 137 Å². The van der Waals surface area contributed by atoms with E-state index in [1.165, 1.54) is 37.4 Å². The lowest BCUT2D eigenvalue weighted by atomic mass is 10.1. The zero-order valence-corrected chi connectivity index (χ0v) is 12.8. The summed E-state index contributed by atoms with van der Waals surface area (Å²) in [6, 6.07) is 8.54. The first kappa shape index (κ1) is 15.8. The Hall–Kier alpha value is -3.09. The molecule has 0 saturated carbocycles. The van der Waals surface area contributed by atoms with Gasteiger partial charge in [-0.2, -0.15) is 0 Å². The molecule has 0 aromatic heterocycles. The number of esters is 1. The summed E-state index contributed by atoms with van der Waals surface area (Å²) in [4.78, 5) is 23.4. The molecular formula is C17H14FNO5. The van der Waals surface area contributed by atoms with Crippen LogP contribution >= 0.6 is 0 Å². The van der Waals surface area contributed by atoms with Gasteiger partial charge >= 0.3 is 5.97 Å². The summed E-state index contributed by atoms with van der Waals surface area (Å²) in [7, 11) is 1.45. The van der Waals surface area contributed by atoms with Crippen molar-refractivity contribution in [2.75, 3.05) is 19.0 Å². The second-order valence-corrected chi connectivity index (χ2v) is 5.08. The minimum atomic E-state index is -0.593. The molecular weight excluding hydrogens is 317 g/mol. The number of halogens is 1. The molecule has 6 nitrogen and oxygen atoms in total. The van der Waals surface area contributed by atoms with Crippen molar-refractivity contribution in [3.05, 3.63) is 53.3 Å². The zero-order valence-electron chi connectivity index (χ0n) is 12.8. The lowest BCUT2D eigenvalue weighted by Gasteiger charge is -2.18. The van der Waals surface area contributed by atoms with Crippen molar-refractivity contribution < 1.29 is 28.2 Å². The van der Waals surface area contributed by atoms with E-state index >= 15 is 0 Å². The summed E-state index contributed by atoms with van der Waals surface area (Å²) in [5.74, 6) is -0.464. The summed E-state index contributed by atoms with van der Waals surface area (Å²) in [6.45, 7) is -0.236. The number of carbonyl (C=O) groups is 2. The molecule has 0 aliphatic carbocycles. The molecule has 0 atom stereocenters. The van der Waals surface area contributed by atoms with Gasteiger partial charge in [-0.3, -0.25) is 4.79 Å². The van der Waals surface area contributed by atoms with E-state index in [1.54, 1.807) is 6.07 Å². The fourth-order valence-corrected chi connectivity index (χ4v) is 2.29. The van der Waals surface area contributed by atoms with Gasteiger partial charge in [0.25, 0.3) is 5.91 Å². The number of rotatable bonds is 4. The van der Waals surface area contributed by atoms with Gasteiger partial charge in [-0.15, -0.1) is 0 Å². The Morgan fingerprint density at radius 3 is 2.92 bits per heavy atom. The highest BCUT2D eigenvalue weighted by Gasteiger charge is 2.18. The molecule has 0 unspecified atom stereocenters. The summed E-state index contributed by atoms with van der Waals surface area (Å²) < 4.78 is 28.9. The number of anilines is 1. The molecule has 2 aromatic rings. The summed E-state index contributed by atoms with van der Waals surface area (Å²) in [5.41, 5.74) is 1.18. The predicted molar refractivity (Wildman–Crippen MR) is 82.6 cm³/mol. The summed E-state index contributed by atoms with van der Waals surface area (Å²) in [6.07, 6.45) is 0. The molecule has 1 N–H and O–H groups in total. The molecule has 0 saturated heterocycles. The van der Waals surface area contributed by atoms with Crippen molar-refractivity contribution in [3.8, 4) is 11.5 Å². The van der Waals surface area contributed by atoms with Crippen LogP contribution in [-0.2, 0) is 16.1 Å². The Balaban J connectivity index is 1.72. The van der Waals surface area contributed by atoms with E-state index in [0.717, 1.165) is 0 Å². The number of benzene rings is 2. The van der Waals surface area contributed by atoms with Crippen LogP contribution in [0.4, 0.5) is 10.1 Å². The van der Waals surface area contributed by atoms with Gasteiger partial charge in [0.05, 0.1) is 18.4 Å². The molecule has 1 amide bonds. The minimum absolute atomic E-state index is 0.105. The lowest BCUT2D eigenvalue weighted by molar-refractivity contribution is -0.118. The van der Waals surface area contributed by atoms with E-state index in [1.807, 2.05) is 0 Å². The monoisotopic (exact) mass is 331 g/mol. The van der Waals surface area contributed by atoms with Gasteiger partial charge in [0.2, 0.25) is 0 Å². The fraction of sp³-hybridized carbons (Fsp3) is 0.176. The zero-order chi connectivity index (χ0) is 17.1. The van der Waals surface area contributed by atoms with Crippen LogP contribution < -0.4 is 14.8 Å². The van der Waals surface area contributed by atoms with E-state index < -0.39 is 11.8 Å². The molecule has 0 spiro atoms. The first-order valence-electron chi connectivity index (χ1n) is 7.13. The molecule has 1 aliphatic heterocycles. The van der Waals surface area contributed by atoms with Crippen LogP contribution in [0.5, 0.6) is 11.5 Å². The molecule has 0 radical (unpaired) electrons. The molecule has 2 aromatic carbocycles. The number of fused-ring (bicyclic) bond motifs is 1. The summed E-state index contributed by atoms with van der Waals surface area (Å²) in [5, 5.41) is 2.63. The topological polar surface area (TPSA) is 73.9 Å². The number of nitrogens with one attached hydrogen (secondary N) is 1. The van der Waals surface area contributed by atoms with Crippen molar-refractivity contribution >= 4 is 17.6 Å². The number of amides is 1. The van der Waals surface area contributed by atoms with Crippen molar-refractivity contribution in [1.82, 2.24) is 0 Å². The fourth-order valence-electron chi connectivity index (χ4n) is 2.29. The van der Waals surface area contributed by atoms with E-state index in [9.17, 15) is 14.0 Å². The van der Waals surface area contributed by atoms with Gasteiger partial charge in [-0.1, -0.05) is 0 Å². The number of hydrogen-bond acceptors (Lipinski definition) is 5. The van der Waals surface area contributed by atoms with Crippen molar-refractivity contribution in [1.29, 1.82) is 0 Å². The molecule has 1 aliphatic rings. The van der Waals surface area contributed by atoms with Gasteiger partial charge in [-0.25, -0.2) is 9.18 Å². The maximum absolute atomic E-state index is 13.3. The third kappa shape index (κ3) is 3.29. The molecule has 124 valence electrons. The van der Waals surface area contributed by atoms with Crippen LogP contribution in [0.15, 0.2) is 36.4 Å². The maximum atomic E-state index is 13.3. The standard InChI is InChI=1S/C17H14FNO5/c1-22-14-5-3-12(18)6-11(14)8-24-17(21)10-2-4-13-15(7-10)23-9-16(20)19-13/h2-7H,8-9H2,1H3,(H,19,20). The largest absolute Gasteiger partial charge is 0.496 e. The van der Waals surface area contributed by atoms with Gasteiger partial charge in [0.15, 0.2) is 6.61 Å². The van der Waals surface area contributed by atoms with Crippen molar-refractivity contribution in [3.63, 3.8) is 0 Å². The van der Waals surface area contributed by atoms with Crippen LogP contribution in [0, 0.1) is 5.82 Å². The smallest absolute Gasteiger partial charge is 0.338 e. The minimum Gasteiger partial charge on any atom is -0.496 e. The summed E-state index contributed by atoms with van der Waals surface area (Å²) >= 11 is 0. The van der Waals surface area contributed by atoms with Gasteiger partial charge < -0.3 is 19.5 Å². The van der Waals surface area contributed by atoms with E-state index in [0.29, 0.717) is 22.7 Å². The number of ether oxygens (including phenoxy) is 3. The Kier molecular flexibility index (Phi) is 4.33. The molecule has 0 bridgehead atoms. The third-order valence-electron chi connectivity index (χ3n) is 3.45. The normalized spacial score (nSPS) is 12.7. The second-order valence-electron chi connectivity index (χ2n) is 5.08. The maximum Gasteiger partial charge on any atom is 0.338 e. The third-order valence-corrected chi connectivity index (χ3v) is 3.45. The van der Waals surface area contributed by atoms with Gasteiger partial charge in [0.1, 0.15) is 23.9 Å². The highest BCUT2D eigenvalue weighted by molar-refractivity contribution is 5.97. The van der Waals surface area contributed by atoms with E-state index in [4.69, 9.17) is 14.2 Å². The van der Waals surface area contributed by atoms with Crippen LogP contribution in [0.3, 0.4) is 0 Å². The molecule has 7 heteroatoms. The second kappa shape index (κ2) is 6.57. The number of carbonyl (C=O) groups excluding carboxylic acids is 2. The molecule has 1 heterocycles. The number of hydrogen-bond donors (Lipinski definition) is 1. The first-order chi connectivity index (χ1) is 11.6. The average Bonchev–Trinajstić information content (AvgIpc) is 2.59. The average molecular weight is 331 g/mol. The van der Waals surface area contributed by atoms with Gasteiger partial charge in [-0.05, 0) is 36.4 Å². The van der Waals surface area contributed by atoms with Crippen LogP contribution in [0.2, 0.25) is 0 Å². The van der Waals surface area contributed by atoms with Crippen molar-refractivity contribution in [2.45, 2.75) is 6.61 Å². The molecule has 0 fully saturated rings. The van der Waals surface area contributed by atoms with Gasteiger partial charge in [0, 0.05) is 5.56 Å². The Morgan fingerprint density at radius 2 is 2.12 bits per heavy atom. The molecule has 24 heavy (non-hydrogen) atoms. The van der Waals surface area contributed by atoms with Crippen molar-refractivity contribution in [2.24, 2.45) is 0 Å². The Bertz CT molecular complexity index is 806. The SMILES string of the molecule is COc1ccc(F)cc1COC(=O)c1ccc2c(c1)OCC(=O)N2. The highest BCUT2D eigenvalue weighted by atomic mass is 19.1. The van der Waals surface area contributed by atoms with Crippen LogP contribution in [-0.4, -0.2) is 25.6 Å². The number of methoxy groups -OCH3 is 1.